The van der Waals surface area contributed by atoms with Crippen LogP contribution in [-0.2, 0) is 11.3 Å². The Morgan fingerprint density at radius 3 is 2.31 bits per heavy atom. The average Bonchev–Trinajstić information content (AvgIpc) is 2.66. The predicted molar refractivity (Wildman–Crippen MR) is 118 cm³/mol. The van der Waals surface area contributed by atoms with Gasteiger partial charge in [-0.3, -0.25) is 4.79 Å². The van der Waals surface area contributed by atoms with Crippen molar-refractivity contribution in [3.63, 3.8) is 0 Å². The van der Waals surface area contributed by atoms with E-state index < -0.39 is 11.6 Å². The van der Waals surface area contributed by atoms with Crippen molar-refractivity contribution in [1.82, 2.24) is 10.2 Å². The van der Waals surface area contributed by atoms with E-state index >= 15 is 4.39 Å². The van der Waals surface area contributed by atoms with Gasteiger partial charge in [0.05, 0.1) is 0 Å². The van der Waals surface area contributed by atoms with Gasteiger partial charge in [0.1, 0.15) is 11.5 Å². The summed E-state index contributed by atoms with van der Waals surface area (Å²) in [5.41, 5.74) is 0.151. The zero-order valence-electron chi connectivity index (χ0n) is 16.2. The molecule has 2 aromatic carbocycles. The molecule has 1 aliphatic heterocycles. The van der Waals surface area contributed by atoms with Gasteiger partial charge in [-0.2, -0.15) is 0 Å². The molecule has 7 heteroatoms. The van der Waals surface area contributed by atoms with Crippen LogP contribution in [0.15, 0.2) is 51.4 Å². The first-order valence-corrected chi connectivity index (χ1v) is 11.2. The topological polar surface area (TPSA) is 32.3 Å². The number of halogens is 4. The number of hydrogen-bond acceptors (Lipinski definition) is 2. The van der Waals surface area contributed by atoms with Crippen LogP contribution in [0.3, 0.4) is 0 Å². The van der Waals surface area contributed by atoms with Gasteiger partial charge in [0.15, 0.2) is 0 Å². The first-order valence-electron chi connectivity index (χ1n) is 9.61. The Labute approximate surface area is 187 Å². The van der Waals surface area contributed by atoms with Crippen LogP contribution < -0.4 is 5.32 Å². The van der Waals surface area contributed by atoms with Crippen molar-refractivity contribution in [3.05, 3.63) is 68.4 Å². The summed E-state index contributed by atoms with van der Waals surface area (Å²) < 4.78 is 31.1. The minimum Gasteiger partial charge on any atom is -0.341 e. The zero-order chi connectivity index (χ0) is 21.0. The molecule has 1 aliphatic rings. The van der Waals surface area contributed by atoms with E-state index in [2.05, 4.69) is 37.2 Å². The molecule has 156 valence electrons. The summed E-state index contributed by atoms with van der Waals surface area (Å²) in [6, 6.07) is 11.7. The maximum absolute atomic E-state index is 15.9. The molecule has 2 aromatic rings. The van der Waals surface area contributed by atoms with Crippen LogP contribution in [-0.4, -0.2) is 36.6 Å². The number of benzene rings is 2. The van der Waals surface area contributed by atoms with Gasteiger partial charge in [-0.25, -0.2) is 8.78 Å². The molecule has 1 fully saturated rings. The van der Waals surface area contributed by atoms with Gasteiger partial charge in [0, 0.05) is 34.9 Å². The van der Waals surface area contributed by atoms with E-state index in [0.29, 0.717) is 38.0 Å². The van der Waals surface area contributed by atoms with E-state index in [1.165, 1.54) is 12.1 Å². The molecule has 1 saturated heterocycles. The Balaban J connectivity index is 1.78. The Morgan fingerprint density at radius 1 is 1.14 bits per heavy atom. The fourth-order valence-corrected chi connectivity index (χ4v) is 5.27. The van der Waals surface area contributed by atoms with E-state index in [-0.39, 0.29) is 18.1 Å². The highest BCUT2D eigenvalue weighted by molar-refractivity contribution is 9.11. The summed E-state index contributed by atoms with van der Waals surface area (Å²) in [4.78, 5) is 14.6. The van der Waals surface area contributed by atoms with E-state index in [1.807, 2.05) is 18.2 Å². The van der Waals surface area contributed by atoms with E-state index in [9.17, 15) is 9.18 Å². The van der Waals surface area contributed by atoms with Crippen molar-refractivity contribution in [3.8, 4) is 0 Å². The largest absolute Gasteiger partial charge is 0.341 e. The molecule has 1 amide bonds. The molecule has 0 aliphatic carbocycles. The highest BCUT2D eigenvalue weighted by Gasteiger charge is 2.42. The third kappa shape index (κ3) is 5.86. The molecule has 1 heterocycles. The first-order chi connectivity index (χ1) is 13.8. The third-order valence-corrected chi connectivity index (χ3v) is 6.39. The van der Waals surface area contributed by atoms with E-state index in [0.717, 1.165) is 14.5 Å². The molecule has 3 rings (SSSR count). The van der Waals surface area contributed by atoms with Crippen molar-refractivity contribution in [2.75, 3.05) is 20.1 Å². The minimum atomic E-state index is -1.49. The van der Waals surface area contributed by atoms with Crippen LogP contribution >= 0.6 is 31.9 Å². The number of carbonyl (C=O) groups excluding carboxylic acids is 1. The lowest BCUT2D eigenvalue weighted by atomic mass is 9.75. The van der Waals surface area contributed by atoms with Crippen molar-refractivity contribution in [2.45, 2.75) is 37.4 Å². The van der Waals surface area contributed by atoms with Crippen LogP contribution in [0.2, 0.25) is 0 Å². The molecule has 1 N–H and O–H groups in total. The molecular weight excluding hydrogens is 506 g/mol. The first kappa shape index (κ1) is 22.4. The normalized spacial score (nSPS) is 17.0. The standard InChI is InChI=1S/C22H24Br2F2N2O/c1-28(14-15-10-17(23)12-18(24)11-15)21(29)13-20(16-2-4-19(25)5-3-16)22(26)6-8-27-9-7-22/h2-5,10-12,20,27H,6-9,13-14H2,1H3. The second-order valence-electron chi connectivity index (χ2n) is 7.62. The molecule has 0 spiro atoms. The Kier molecular flexibility index (Phi) is 7.46. The quantitative estimate of drug-likeness (QED) is 0.530. The van der Waals surface area contributed by atoms with Crippen molar-refractivity contribution in [2.24, 2.45) is 0 Å². The second-order valence-corrected chi connectivity index (χ2v) is 9.45. The monoisotopic (exact) mass is 528 g/mol. The van der Waals surface area contributed by atoms with Gasteiger partial charge in [-0.1, -0.05) is 44.0 Å². The smallest absolute Gasteiger partial charge is 0.223 e. The van der Waals surface area contributed by atoms with E-state index in [1.54, 1.807) is 24.1 Å². The van der Waals surface area contributed by atoms with Gasteiger partial charge < -0.3 is 10.2 Å². The predicted octanol–water partition coefficient (Wildman–Crippen LogP) is 5.57. The van der Waals surface area contributed by atoms with Crippen molar-refractivity contribution in [1.29, 1.82) is 0 Å². The summed E-state index contributed by atoms with van der Waals surface area (Å²) in [6.07, 6.45) is 0.725. The lowest BCUT2D eigenvalue weighted by Crippen LogP contribution is -2.44. The summed E-state index contributed by atoms with van der Waals surface area (Å²) in [5, 5.41) is 3.17. The third-order valence-electron chi connectivity index (χ3n) is 5.48. The molecule has 1 atom stereocenters. The number of amides is 1. The van der Waals surface area contributed by atoms with Crippen molar-refractivity contribution < 1.29 is 13.6 Å². The highest BCUT2D eigenvalue weighted by atomic mass is 79.9. The maximum atomic E-state index is 15.9. The summed E-state index contributed by atoms with van der Waals surface area (Å²) in [7, 11) is 1.73. The van der Waals surface area contributed by atoms with Gasteiger partial charge in [0.25, 0.3) is 0 Å². The number of alkyl halides is 1. The van der Waals surface area contributed by atoms with Gasteiger partial charge >= 0.3 is 0 Å². The lowest BCUT2D eigenvalue weighted by Gasteiger charge is -2.38. The van der Waals surface area contributed by atoms with Gasteiger partial charge in [-0.05, 0) is 67.4 Å². The Hall–Kier alpha value is -1.31. The molecule has 0 aromatic heterocycles. The molecule has 0 saturated carbocycles. The number of carbonyl (C=O) groups is 1. The molecule has 3 nitrogen and oxygen atoms in total. The zero-order valence-corrected chi connectivity index (χ0v) is 19.4. The highest BCUT2D eigenvalue weighted by Crippen LogP contribution is 2.41. The lowest BCUT2D eigenvalue weighted by molar-refractivity contribution is -0.132. The Morgan fingerprint density at radius 2 is 1.72 bits per heavy atom. The number of nitrogens with zero attached hydrogens (tertiary/aromatic N) is 1. The van der Waals surface area contributed by atoms with E-state index in [4.69, 9.17) is 0 Å². The second kappa shape index (κ2) is 9.67. The molecule has 29 heavy (non-hydrogen) atoms. The van der Waals surface area contributed by atoms with Gasteiger partial charge in [0.2, 0.25) is 5.91 Å². The maximum Gasteiger partial charge on any atom is 0.223 e. The van der Waals surface area contributed by atoms with Crippen LogP contribution in [0.5, 0.6) is 0 Å². The fourth-order valence-electron chi connectivity index (χ4n) is 3.88. The van der Waals surface area contributed by atoms with Crippen LogP contribution in [0.4, 0.5) is 8.78 Å². The van der Waals surface area contributed by atoms with Gasteiger partial charge in [-0.15, -0.1) is 0 Å². The van der Waals surface area contributed by atoms with Crippen molar-refractivity contribution >= 4 is 37.8 Å². The Bertz CT molecular complexity index is 834. The molecule has 0 radical (unpaired) electrons. The SMILES string of the molecule is CN(Cc1cc(Br)cc(Br)c1)C(=O)CC(c1ccc(F)cc1)C1(F)CCNCC1. The van der Waals surface area contributed by atoms with Crippen LogP contribution in [0.1, 0.15) is 36.3 Å². The van der Waals surface area contributed by atoms with Crippen LogP contribution in [0, 0.1) is 5.82 Å². The molecular formula is C22H24Br2F2N2O. The fraction of sp³-hybridized carbons (Fsp3) is 0.409. The number of hydrogen-bond donors (Lipinski definition) is 1. The summed E-state index contributed by atoms with van der Waals surface area (Å²) in [6.45, 7) is 1.57. The van der Waals surface area contributed by atoms with Crippen LogP contribution in [0.25, 0.3) is 0 Å². The number of piperidine rings is 1. The minimum absolute atomic E-state index is 0.0494. The molecule has 0 bridgehead atoms. The average molecular weight is 530 g/mol. The number of nitrogens with one attached hydrogen (secondary N) is 1. The number of rotatable bonds is 6. The summed E-state index contributed by atoms with van der Waals surface area (Å²) >= 11 is 6.91. The summed E-state index contributed by atoms with van der Waals surface area (Å²) in [5.74, 6) is -1.10. The molecule has 1 unspecified atom stereocenters.